The molecule has 1 saturated heterocycles. The third-order valence-electron chi connectivity index (χ3n) is 4.83. The van der Waals surface area contributed by atoms with Crippen LogP contribution < -0.4 is 5.69 Å². The maximum atomic E-state index is 13.0. The van der Waals surface area contributed by atoms with E-state index in [2.05, 4.69) is 5.10 Å². The van der Waals surface area contributed by atoms with E-state index in [1.54, 1.807) is 22.0 Å². The van der Waals surface area contributed by atoms with Crippen molar-refractivity contribution in [3.63, 3.8) is 0 Å². The van der Waals surface area contributed by atoms with Gasteiger partial charge in [-0.25, -0.2) is 17.9 Å². The highest BCUT2D eigenvalue weighted by atomic mass is 32.2. The van der Waals surface area contributed by atoms with E-state index >= 15 is 0 Å². The van der Waals surface area contributed by atoms with Crippen LogP contribution in [-0.4, -0.2) is 40.2 Å². The third kappa shape index (κ3) is 3.39. The number of piperidine rings is 1. The zero-order valence-electron chi connectivity index (χ0n) is 15.7. The highest BCUT2D eigenvalue weighted by Crippen LogP contribution is 2.32. The van der Waals surface area contributed by atoms with Gasteiger partial charge >= 0.3 is 5.69 Å². The minimum absolute atomic E-state index is 0.0115. The van der Waals surface area contributed by atoms with Crippen LogP contribution in [0.15, 0.2) is 21.1 Å². The first kappa shape index (κ1) is 19.3. The average Bonchev–Trinajstić information content (AvgIpc) is 3.21. The molecule has 7 nitrogen and oxygen atoms in total. The first-order chi connectivity index (χ1) is 12.3. The Morgan fingerprint density at radius 3 is 2.69 bits per heavy atom. The van der Waals surface area contributed by atoms with Crippen LogP contribution in [0.2, 0.25) is 0 Å². The summed E-state index contributed by atoms with van der Waals surface area (Å²) >= 11 is 1.34. The van der Waals surface area contributed by atoms with Crippen LogP contribution in [0.4, 0.5) is 0 Å². The molecule has 0 spiro atoms. The van der Waals surface area contributed by atoms with Gasteiger partial charge in [0.1, 0.15) is 10.0 Å². The number of hydrogen-bond donors (Lipinski definition) is 0. The molecule has 0 aliphatic carbocycles. The summed E-state index contributed by atoms with van der Waals surface area (Å²) in [5, 5.41) is 4.41. The molecular weight excluding hydrogens is 372 g/mol. The molecule has 3 heterocycles. The van der Waals surface area contributed by atoms with E-state index in [0.29, 0.717) is 23.1 Å². The molecule has 0 saturated carbocycles. The molecule has 0 radical (unpaired) electrons. The fraction of sp³-hybridized carbons (Fsp3) is 0.647. The number of rotatable bonds is 5. The number of aryl methyl sites for hydroxylation is 2. The second kappa shape index (κ2) is 7.28. The van der Waals surface area contributed by atoms with Crippen molar-refractivity contribution in [2.75, 3.05) is 13.1 Å². The topological polar surface area (TPSA) is 77.2 Å². The highest BCUT2D eigenvalue weighted by molar-refractivity contribution is 7.91. The lowest BCUT2D eigenvalue weighted by molar-refractivity contribution is 0.302. The van der Waals surface area contributed by atoms with Crippen molar-refractivity contribution in [2.45, 2.75) is 56.2 Å². The van der Waals surface area contributed by atoms with E-state index in [-0.39, 0.29) is 17.6 Å². The molecule has 3 rings (SSSR count). The summed E-state index contributed by atoms with van der Waals surface area (Å²) in [7, 11) is -1.86. The Hall–Kier alpha value is -1.45. The lowest BCUT2D eigenvalue weighted by Gasteiger charge is -2.31. The van der Waals surface area contributed by atoms with E-state index in [4.69, 9.17) is 0 Å². The van der Waals surface area contributed by atoms with Crippen molar-refractivity contribution < 1.29 is 8.42 Å². The Balaban J connectivity index is 1.91. The fourth-order valence-electron chi connectivity index (χ4n) is 3.45. The van der Waals surface area contributed by atoms with Gasteiger partial charge in [-0.1, -0.05) is 6.92 Å². The Bertz CT molecular complexity index is 940. The first-order valence-electron chi connectivity index (χ1n) is 9.00. The SMILES string of the molecule is CCc1ccc(S(=O)(=O)N2CCCC(c3nn(C)c(=O)n3C(C)C)C2)s1. The predicted molar refractivity (Wildman–Crippen MR) is 102 cm³/mol. The molecule has 9 heteroatoms. The molecule has 1 unspecified atom stereocenters. The van der Waals surface area contributed by atoms with Gasteiger partial charge in [0.2, 0.25) is 0 Å². The molecule has 1 fully saturated rings. The monoisotopic (exact) mass is 398 g/mol. The molecule has 1 atom stereocenters. The van der Waals surface area contributed by atoms with E-state index in [9.17, 15) is 13.2 Å². The lowest BCUT2D eigenvalue weighted by Crippen LogP contribution is -2.40. The molecule has 0 bridgehead atoms. The quantitative estimate of drug-likeness (QED) is 0.775. The van der Waals surface area contributed by atoms with Crippen molar-refractivity contribution in [3.05, 3.63) is 33.3 Å². The predicted octanol–water partition coefficient (Wildman–Crippen LogP) is 2.35. The van der Waals surface area contributed by atoms with E-state index in [1.807, 2.05) is 26.8 Å². The van der Waals surface area contributed by atoms with Gasteiger partial charge < -0.3 is 0 Å². The molecule has 0 N–H and O–H groups in total. The van der Waals surface area contributed by atoms with Crippen molar-refractivity contribution >= 4 is 21.4 Å². The second-order valence-corrected chi connectivity index (χ2v) is 10.3. The maximum absolute atomic E-state index is 13.0. The number of nitrogens with zero attached hydrogens (tertiary/aromatic N) is 4. The van der Waals surface area contributed by atoms with Crippen LogP contribution in [0.1, 0.15) is 56.3 Å². The van der Waals surface area contributed by atoms with Gasteiger partial charge in [0.25, 0.3) is 10.0 Å². The molecule has 144 valence electrons. The molecule has 26 heavy (non-hydrogen) atoms. The van der Waals surface area contributed by atoms with Crippen LogP contribution in [0.3, 0.4) is 0 Å². The smallest absolute Gasteiger partial charge is 0.276 e. The van der Waals surface area contributed by atoms with Gasteiger partial charge in [-0.3, -0.25) is 4.57 Å². The van der Waals surface area contributed by atoms with E-state index in [0.717, 1.165) is 24.1 Å². The van der Waals surface area contributed by atoms with Crippen LogP contribution in [0.25, 0.3) is 0 Å². The number of hydrogen-bond acceptors (Lipinski definition) is 5. The third-order valence-corrected chi connectivity index (χ3v) is 8.39. The summed E-state index contributed by atoms with van der Waals surface area (Å²) in [6, 6.07) is 3.57. The summed E-state index contributed by atoms with van der Waals surface area (Å²) < 4.78 is 31.0. The zero-order valence-corrected chi connectivity index (χ0v) is 17.3. The van der Waals surface area contributed by atoms with E-state index in [1.165, 1.54) is 16.0 Å². The standard InChI is InChI=1S/C17H26N4O3S2/c1-5-14-8-9-15(25-14)26(23,24)20-10-6-7-13(11-20)16-18-19(4)17(22)21(16)12(2)3/h8-9,12-13H,5-7,10-11H2,1-4H3. The van der Waals surface area contributed by atoms with Gasteiger partial charge in [-0.2, -0.15) is 9.40 Å². The average molecular weight is 399 g/mol. The second-order valence-electron chi connectivity index (χ2n) is 7.00. The van der Waals surface area contributed by atoms with Crippen LogP contribution >= 0.6 is 11.3 Å². The Kier molecular flexibility index (Phi) is 5.41. The largest absolute Gasteiger partial charge is 0.345 e. The molecule has 2 aromatic heterocycles. The summed E-state index contributed by atoms with van der Waals surface area (Å²) in [5.41, 5.74) is -0.152. The molecule has 0 amide bonds. The lowest BCUT2D eigenvalue weighted by atomic mass is 9.98. The highest BCUT2D eigenvalue weighted by Gasteiger charge is 2.34. The van der Waals surface area contributed by atoms with Gasteiger partial charge in [0.15, 0.2) is 0 Å². The summed E-state index contributed by atoms with van der Waals surface area (Å²) in [4.78, 5) is 13.4. The molecule has 1 aliphatic heterocycles. The van der Waals surface area contributed by atoms with Gasteiger partial charge in [0.05, 0.1) is 0 Å². The van der Waals surface area contributed by atoms with Gasteiger partial charge in [-0.05, 0) is 45.2 Å². The van der Waals surface area contributed by atoms with Crippen LogP contribution in [-0.2, 0) is 23.5 Å². The molecule has 1 aliphatic rings. The van der Waals surface area contributed by atoms with Gasteiger partial charge in [0, 0.05) is 37.0 Å². The zero-order chi connectivity index (χ0) is 19.1. The number of thiophene rings is 1. The summed E-state index contributed by atoms with van der Waals surface area (Å²) in [6.07, 6.45) is 2.43. The normalized spacial score (nSPS) is 19.3. The summed E-state index contributed by atoms with van der Waals surface area (Å²) in [5.74, 6) is 0.619. The minimum atomic E-state index is -3.50. The maximum Gasteiger partial charge on any atom is 0.345 e. The van der Waals surface area contributed by atoms with Crippen molar-refractivity contribution in [2.24, 2.45) is 7.05 Å². The van der Waals surface area contributed by atoms with Crippen molar-refractivity contribution in [1.82, 2.24) is 18.7 Å². The Labute approximate surface area is 158 Å². The first-order valence-corrected chi connectivity index (χ1v) is 11.3. The fourth-order valence-corrected chi connectivity index (χ4v) is 6.42. The molecule has 0 aromatic carbocycles. The number of sulfonamides is 1. The van der Waals surface area contributed by atoms with Crippen LogP contribution in [0.5, 0.6) is 0 Å². The minimum Gasteiger partial charge on any atom is -0.276 e. The molecular formula is C17H26N4O3S2. The van der Waals surface area contributed by atoms with E-state index < -0.39 is 10.0 Å². The van der Waals surface area contributed by atoms with Crippen molar-refractivity contribution in [3.8, 4) is 0 Å². The van der Waals surface area contributed by atoms with Crippen LogP contribution in [0, 0.1) is 0 Å². The Morgan fingerprint density at radius 1 is 1.35 bits per heavy atom. The number of aromatic nitrogens is 3. The summed E-state index contributed by atoms with van der Waals surface area (Å²) in [6.45, 7) is 6.79. The molecule has 2 aromatic rings. The van der Waals surface area contributed by atoms with Gasteiger partial charge in [-0.15, -0.1) is 11.3 Å². The Morgan fingerprint density at radius 2 is 2.08 bits per heavy atom. The van der Waals surface area contributed by atoms with Crippen molar-refractivity contribution in [1.29, 1.82) is 0 Å².